The lowest BCUT2D eigenvalue weighted by Crippen LogP contribution is -2.33. The van der Waals surface area contributed by atoms with Gasteiger partial charge in [0.15, 0.2) is 0 Å². The van der Waals surface area contributed by atoms with Gasteiger partial charge in [0.25, 0.3) is 5.91 Å². The zero-order chi connectivity index (χ0) is 18.7. The standard InChI is InChI=1S/C20H30N4O2/c1-4-23(5-2)20(26)17-12-21-18(22-14(17)3)16-10-11-24(13-16)19(25)15-8-6-7-9-15/h12,15-16H,4-11,13H2,1-3H3/t16-/m1/s1. The number of carbonyl (C=O) groups is 2. The van der Waals surface area contributed by atoms with Gasteiger partial charge >= 0.3 is 0 Å². The molecule has 2 aliphatic rings. The van der Waals surface area contributed by atoms with E-state index in [1.54, 1.807) is 11.1 Å². The molecule has 0 N–H and O–H groups in total. The van der Waals surface area contributed by atoms with Gasteiger partial charge in [-0.3, -0.25) is 9.59 Å². The quantitative estimate of drug-likeness (QED) is 0.812. The predicted octanol–water partition coefficient (Wildman–Crippen LogP) is 2.77. The summed E-state index contributed by atoms with van der Waals surface area (Å²) < 4.78 is 0. The molecule has 1 aliphatic heterocycles. The summed E-state index contributed by atoms with van der Waals surface area (Å²) in [5, 5.41) is 0. The molecular formula is C20H30N4O2. The first-order chi connectivity index (χ1) is 12.5. The highest BCUT2D eigenvalue weighted by atomic mass is 16.2. The van der Waals surface area contributed by atoms with Gasteiger partial charge in [-0.25, -0.2) is 9.97 Å². The first kappa shape index (κ1) is 18.8. The second kappa shape index (κ2) is 8.14. The third-order valence-electron chi connectivity index (χ3n) is 5.85. The maximum atomic E-state index is 12.6. The summed E-state index contributed by atoms with van der Waals surface area (Å²) in [6, 6.07) is 0. The topological polar surface area (TPSA) is 66.4 Å². The minimum atomic E-state index is -0.0106. The van der Waals surface area contributed by atoms with Crippen molar-refractivity contribution in [2.45, 2.75) is 58.8 Å². The minimum absolute atomic E-state index is 0.0106. The second-order valence-electron chi connectivity index (χ2n) is 7.46. The SMILES string of the molecule is CCN(CC)C(=O)c1cnc([C@@H]2CCN(C(=O)C3CCCC3)C2)nc1C. The number of hydrogen-bond acceptors (Lipinski definition) is 4. The second-order valence-corrected chi connectivity index (χ2v) is 7.46. The summed E-state index contributed by atoms with van der Waals surface area (Å²) in [4.78, 5) is 38.0. The van der Waals surface area contributed by atoms with Crippen LogP contribution in [0.25, 0.3) is 0 Å². The molecule has 6 nitrogen and oxygen atoms in total. The summed E-state index contributed by atoms with van der Waals surface area (Å²) in [5.74, 6) is 1.47. The van der Waals surface area contributed by atoms with Crippen molar-refractivity contribution in [2.75, 3.05) is 26.2 Å². The largest absolute Gasteiger partial charge is 0.342 e. The molecule has 1 saturated heterocycles. The Morgan fingerprint density at radius 2 is 1.88 bits per heavy atom. The van der Waals surface area contributed by atoms with E-state index >= 15 is 0 Å². The lowest BCUT2D eigenvalue weighted by atomic mass is 10.1. The smallest absolute Gasteiger partial charge is 0.257 e. The number of carbonyl (C=O) groups excluding carboxylic acids is 2. The summed E-state index contributed by atoms with van der Waals surface area (Å²) in [5.41, 5.74) is 1.31. The molecule has 142 valence electrons. The number of hydrogen-bond donors (Lipinski definition) is 0. The van der Waals surface area contributed by atoms with Gasteiger partial charge < -0.3 is 9.80 Å². The van der Waals surface area contributed by atoms with Crippen molar-refractivity contribution in [3.63, 3.8) is 0 Å². The van der Waals surface area contributed by atoms with Gasteiger partial charge in [0.1, 0.15) is 5.82 Å². The Hall–Kier alpha value is -1.98. The maximum Gasteiger partial charge on any atom is 0.257 e. The molecule has 0 aromatic carbocycles. The van der Waals surface area contributed by atoms with Gasteiger partial charge in [0.05, 0.1) is 11.3 Å². The Bertz CT molecular complexity index is 666. The molecule has 0 bridgehead atoms. The van der Waals surface area contributed by atoms with E-state index < -0.39 is 0 Å². The molecule has 1 saturated carbocycles. The van der Waals surface area contributed by atoms with E-state index in [2.05, 4.69) is 9.97 Å². The molecule has 0 spiro atoms. The van der Waals surface area contributed by atoms with Crippen LogP contribution in [0.5, 0.6) is 0 Å². The highest BCUT2D eigenvalue weighted by molar-refractivity contribution is 5.94. The zero-order valence-corrected chi connectivity index (χ0v) is 16.2. The van der Waals surface area contributed by atoms with Crippen molar-refractivity contribution in [1.29, 1.82) is 0 Å². The fraction of sp³-hybridized carbons (Fsp3) is 0.700. The summed E-state index contributed by atoms with van der Waals surface area (Å²) in [6.07, 6.45) is 7.01. The Morgan fingerprint density at radius 3 is 2.50 bits per heavy atom. The van der Waals surface area contributed by atoms with Crippen LogP contribution in [-0.4, -0.2) is 57.8 Å². The third kappa shape index (κ3) is 3.74. The molecule has 2 fully saturated rings. The molecule has 1 atom stereocenters. The Kier molecular flexibility index (Phi) is 5.89. The fourth-order valence-electron chi connectivity index (χ4n) is 4.18. The molecule has 1 aromatic rings. The lowest BCUT2D eigenvalue weighted by Gasteiger charge is -2.21. The fourth-order valence-corrected chi connectivity index (χ4v) is 4.18. The average molecular weight is 358 g/mol. The van der Waals surface area contributed by atoms with E-state index in [4.69, 9.17) is 0 Å². The maximum absolute atomic E-state index is 12.6. The van der Waals surface area contributed by atoms with Crippen LogP contribution in [-0.2, 0) is 4.79 Å². The molecule has 3 rings (SSSR count). The van der Waals surface area contributed by atoms with Crippen molar-refractivity contribution in [2.24, 2.45) is 5.92 Å². The Balaban J connectivity index is 1.68. The minimum Gasteiger partial charge on any atom is -0.342 e. The molecule has 26 heavy (non-hydrogen) atoms. The van der Waals surface area contributed by atoms with Gasteiger partial charge in [-0.05, 0) is 40.0 Å². The van der Waals surface area contributed by atoms with Crippen LogP contribution in [0, 0.1) is 12.8 Å². The van der Waals surface area contributed by atoms with E-state index in [1.807, 2.05) is 25.7 Å². The number of rotatable bonds is 5. The van der Waals surface area contributed by atoms with E-state index in [-0.39, 0.29) is 17.7 Å². The number of nitrogens with zero attached hydrogens (tertiary/aromatic N) is 4. The van der Waals surface area contributed by atoms with Gasteiger partial charge in [0, 0.05) is 44.2 Å². The Morgan fingerprint density at radius 1 is 1.19 bits per heavy atom. The average Bonchev–Trinajstić information content (AvgIpc) is 3.34. The monoisotopic (exact) mass is 358 g/mol. The summed E-state index contributed by atoms with van der Waals surface area (Å²) >= 11 is 0. The van der Waals surface area contributed by atoms with Crippen LogP contribution in [0.1, 0.15) is 73.7 Å². The van der Waals surface area contributed by atoms with E-state index in [1.165, 1.54) is 12.8 Å². The van der Waals surface area contributed by atoms with Gasteiger partial charge in [-0.15, -0.1) is 0 Å². The number of amides is 2. The number of likely N-dealkylation sites (tertiary alicyclic amines) is 1. The van der Waals surface area contributed by atoms with Crippen LogP contribution in [0.15, 0.2) is 6.20 Å². The first-order valence-electron chi connectivity index (χ1n) is 9.96. The summed E-state index contributed by atoms with van der Waals surface area (Å²) in [7, 11) is 0. The van der Waals surface area contributed by atoms with Crippen molar-refractivity contribution < 1.29 is 9.59 Å². The van der Waals surface area contributed by atoms with Crippen LogP contribution in [0.4, 0.5) is 0 Å². The summed E-state index contributed by atoms with van der Waals surface area (Å²) in [6.45, 7) is 8.68. The normalized spacial score (nSPS) is 20.6. The number of aromatic nitrogens is 2. The van der Waals surface area contributed by atoms with Crippen molar-refractivity contribution >= 4 is 11.8 Å². The number of aryl methyl sites for hydroxylation is 1. The molecule has 2 heterocycles. The van der Waals surface area contributed by atoms with E-state index in [0.717, 1.165) is 37.3 Å². The van der Waals surface area contributed by atoms with Crippen LogP contribution in [0.2, 0.25) is 0 Å². The highest BCUT2D eigenvalue weighted by Crippen LogP contribution is 2.31. The molecule has 0 radical (unpaired) electrons. The van der Waals surface area contributed by atoms with Crippen molar-refractivity contribution in [3.05, 3.63) is 23.3 Å². The molecule has 2 amide bonds. The van der Waals surface area contributed by atoms with Gasteiger partial charge in [-0.2, -0.15) is 0 Å². The highest BCUT2D eigenvalue weighted by Gasteiger charge is 2.34. The van der Waals surface area contributed by atoms with Gasteiger partial charge in [-0.1, -0.05) is 12.8 Å². The van der Waals surface area contributed by atoms with Crippen LogP contribution >= 0.6 is 0 Å². The molecule has 0 unspecified atom stereocenters. The predicted molar refractivity (Wildman–Crippen MR) is 99.9 cm³/mol. The van der Waals surface area contributed by atoms with Gasteiger partial charge in [0.2, 0.25) is 5.91 Å². The molecular weight excluding hydrogens is 328 g/mol. The Labute approximate surface area is 156 Å². The first-order valence-corrected chi connectivity index (χ1v) is 9.96. The van der Waals surface area contributed by atoms with Crippen LogP contribution < -0.4 is 0 Å². The van der Waals surface area contributed by atoms with Crippen molar-refractivity contribution in [3.8, 4) is 0 Å². The molecule has 1 aromatic heterocycles. The lowest BCUT2D eigenvalue weighted by molar-refractivity contribution is -0.134. The molecule has 1 aliphatic carbocycles. The van der Waals surface area contributed by atoms with E-state index in [0.29, 0.717) is 31.1 Å². The van der Waals surface area contributed by atoms with Crippen LogP contribution in [0.3, 0.4) is 0 Å². The van der Waals surface area contributed by atoms with Crippen molar-refractivity contribution in [1.82, 2.24) is 19.8 Å². The molecule has 6 heteroatoms. The zero-order valence-electron chi connectivity index (χ0n) is 16.2. The van der Waals surface area contributed by atoms with E-state index in [9.17, 15) is 9.59 Å². The third-order valence-corrected chi connectivity index (χ3v) is 5.85.